The molecule has 0 fully saturated rings. The van der Waals surface area contributed by atoms with Crippen LogP contribution in [-0.4, -0.2) is 56.6 Å². The second kappa shape index (κ2) is 14.2. The van der Waals surface area contributed by atoms with Crippen molar-refractivity contribution in [1.82, 2.24) is 10.2 Å². The molecule has 0 unspecified atom stereocenters. The third-order valence-corrected chi connectivity index (χ3v) is 7.43. The molecule has 8 nitrogen and oxygen atoms in total. The van der Waals surface area contributed by atoms with Gasteiger partial charge in [-0.2, -0.15) is 0 Å². The summed E-state index contributed by atoms with van der Waals surface area (Å²) in [6.07, 6.45) is 2.26. The number of benzene rings is 2. The van der Waals surface area contributed by atoms with Gasteiger partial charge in [-0.3, -0.25) is 13.9 Å². The summed E-state index contributed by atoms with van der Waals surface area (Å²) >= 11 is 6.13. The van der Waals surface area contributed by atoms with Crippen molar-refractivity contribution in [2.75, 3.05) is 23.7 Å². The zero-order chi connectivity index (χ0) is 27.6. The predicted molar refractivity (Wildman–Crippen MR) is 148 cm³/mol. The van der Waals surface area contributed by atoms with Gasteiger partial charge in [0.25, 0.3) is 0 Å². The Balaban J connectivity index is 2.16. The van der Waals surface area contributed by atoms with Crippen molar-refractivity contribution in [3.05, 3.63) is 59.1 Å². The number of carbonyl (C=O) groups excluding carboxylic acids is 2. The number of hydrogen-bond acceptors (Lipinski definition) is 5. The van der Waals surface area contributed by atoms with E-state index in [0.717, 1.165) is 18.2 Å². The molecule has 0 radical (unpaired) electrons. The van der Waals surface area contributed by atoms with E-state index < -0.39 is 16.1 Å². The number of amides is 2. The highest BCUT2D eigenvalue weighted by Crippen LogP contribution is 2.23. The van der Waals surface area contributed by atoms with Gasteiger partial charge in [0.15, 0.2) is 0 Å². The second-order valence-corrected chi connectivity index (χ2v) is 11.4. The maximum atomic E-state index is 13.3. The van der Waals surface area contributed by atoms with E-state index in [0.29, 0.717) is 23.1 Å². The summed E-state index contributed by atoms with van der Waals surface area (Å²) in [6.45, 7) is 8.30. The van der Waals surface area contributed by atoms with Gasteiger partial charge in [-0.25, -0.2) is 8.42 Å². The van der Waals surface area contributed by atoms with E-state index in [2.05, 4.69) is 5.32 Å². The molecule has 0 bridgehead atoms. The Bertz CT molecular complexity index is 1140. The minimum Gasteiger partial charge on any atom is -0.494 e. The number of anilines is 1. The smallest absolute Gasteiger partial charge is 0.242 e. The summed E-state index contributed by atoms with van der Waals surface area (Å²) in [5.41, 5.74) is 1.30. The van der Waals surface area contributed by atoms with E-state index in [1.54, 1.807) is 49.4 Å². The number of nitrogens with zero attached hydrogens (tertiary/aromatic N) is 2. The molecule has 2 rings (SSSR count). The fraction of sp³-hybridized carbons (Fsp3) is 0.481. The Morgan fingerprint density at radius 2 is 1.76 bits per heavy atom. The highest BCUT2D eigenvalue weighted by Gasteiger charge is 2.27. The Morgan fingerprint density at radius 1 is 1.08 bits per heavy atom. The SMILES string of the molecule is CCOc1ccc(N(CCCC(=O)N(Cc2cccc(Cl)c2)[C@@H](C)C(=O)N[C@H](C)CC)S(C)(=O)=O)cc1. The molecule has 204 valence electrons. The van der Waals surface area contributed by atoms with Crippen LogP contribution in [0.4, 0.5) is 5.69 Å². The second-order valence-electron chi connectivity index (χ2n) is 9.01. The Labute approximate surface area is 226 Å². The molecular weight excluding hydrogens is 514 g/mol. The molecule has 0 aliphatic heterocycles. The van der Waals surface area contributed by atoms with Crippen LogP contribution in [0, 0.1) is 0 Å². The first kappa shape index (κ1) is 30.4. The van der Waals surface area contributed by atoms with E-state index in [1.165, 1.54) is 9.21 Å². The van der Waals surface area contributed by atoms with Crippen molar-refractivity contribution < 1.29 is 22.7 Å². The van der Waals surface area contributed by atoms with Crippen LogP contribution < -0.4 is 14.4 Å². The largest absolute Gasteiger partial charge is 0.494 e. The number of ether oxygens (including phenoxy) is 1. The lowest BCUT2D eigenvalue weighted by atomic mass is 10.1. The number of carbonyl (C=O) groups is 2. The van der Waals surface area contributed by atoms with Crippen molar-refractivity contribution >= 4 is 39.1 Å². The number of rotatable bonds is 14. The monoisotopic (exact) mass is 551 g/mol. The van der Waals surface area contributed by atoms with E-state index in [4.69, 9.17) is 16.3 Å². The van der Waals surface area contributed by atoms with Crippen LogP contribution in [0.1, 0.15) is 52.5 Å². The molecule has 0 heterocycles. The van der Waals surface area contributed by atoms with Crippen molar-refractivity contribution in [3.63, 3.8) is 0 Å². The van der Waals surface area contributed by atoms with Crippen LogP contribution in [0.2, 0.25) is 5.02 Å². The Kier molecular flexibility index (Phi) is 11.7. The van der Waals surface area contributed by atoms with Crippen molar-refractivity contribution in [2.24, 2.45) is 0 Å². The topological polar surface area (TPSA) is 96.0 Å². The lowest BCUT2D eigenvalue weighted by Crippen LogP contribution is -2.49. The van der Waals surface area contributed by atoms with E-state index in [-0.39, 0.29) is 43.8 Å². The van der Waals surface area contributed by atoms with Gasteiger partial charge in [-0.15, -0.1) is 0 Å². The molecule has 37 heavy (non-hydrogen) atoms. The van der Waals surface area contributed by atoms with E-state index in [1.807, 2.05) is 26.8 Å². The van der Waals surface area contributed by atoms with Crippen molar-refractivity contribution in [1.29, 1.82) is 0 Å². The normalized spacial score (nSPS) is 12.9. The fourth-order valence-corrected chi connectivity index (χ4v) is 4.94. The average Bonchev–Trinajstić information content (AvgIpc) is 2.84. The quantitative estimate of drug-likeness (QED) is 0.370. The number of sulfonamides is 1. The van der Waals surface area contributed by atoms with Crippen LogP contribution >= 0.6 is 11.6 Å². The third kappa shape index (κ3) is 9.55. The van der Waals surface area contributed by atoms with Gasteiger partial charge in [-0.1, -0.05) is 30.7 Å². The number of halogens is 1. The summed E-state index contributed by atoms with van der Waals surface area (Å²) < 4.78 is 31.7. The van der Waals surface area contributed by atoms with E-state index >= 15 is 0 Å². The van der Waals surface area contributed by atoms with Gasteiger partial charge in [0.2, 0.25) is 21.8 Å². The molecule has 0 saturated carbocycles. The zero-order valence-corrected chi connectivity index (χ0v) is 23.8. The molecule has 10 heteroatoms. The van der Waals surface area contributed by atoms with Crippen molar-refractivity contribution in [2.45, 2.75) is 65.6 Å². The first-order chi connectivity index (χ1) is 17.5. The molecular formula is C27H38ClN3O5S. The lowest BCUT2D eigenvalue weighted by molar-refractivity contribution is -0.140. The van der Waals surface area contributed by atoms with Gasteiger partial charge in [0.1, 0.15) is 11.8 Å². The third-order valence-electron chi connectivity index (χ3n) is 6.00. The van der Waals surface area contributed by atoms with Gasteiger partial charge >= 0.3 is 0 Å². The molecule has 2 aromatic carbocycles. The average molecular weight is 552 g/mol. The molecule has 0 aliphatic carbocycles. The Hall–Kier alpha value is -2.78. The minimum atomic E-state index is -3.57. The van der Waals surface area contributed by atoms with Gasteiger partial charge in [0, 0.05) is 30.6 Å². The molecule has 0 aliphatic rings. The summed E-state index contributed by atoms with van der Waals surface area (Å²) in [4.78, 5) is 27.7. The molecule has 1 N–H and O–H groups in total. The van der Waals surface area contributed by atoms with Gasteiger partial charge in [-0.05, 0) is 75.6 Å². The maximum Gasteiger partial charge on any atom is 0.242 e. The maximum absolute atomic E-state index is 13.3. The summed E-state index contributed by atoms with van der Waals surface area (Å²) in [5.74, 6) is 0.167. The van der Waals surface area contributed by atoms with Crippen molar-refractivity contribution in [3.8, 4) is 5.75 Å². The van der Waals surface area contributed by atoms with Crippen LogP contribution in [0.5, 0.6) is 5.75 Å². The Morgan fingerprint density at radius 3 is 2.32 bits per heavy atom. The molecule has 0 aromatic heterocycles. The predicted octanol–water partition coefficient (Wildman–Crippen LogP) is 4.62. The van der Waals surface area contributed by atoms with Gasteiger partial charge in [0.05, 0.1) is 18.6 Å². The molecule has 0 spiro atoms. The van der Waals surface area contributed by atoms with Crippen LogP contribution in [0.25, 0.3) is 0 Å². The number of nitrogens with one attached hydrogen (secondary N) is 1. The standard InChI is InChI=1S/C27H38ClN3O5S/c1-6-20(3)29-27(33)21(4)30(19-22-10-8-11-23(28)18-22)26(32)12-9-17-31(37(5,34)35)24-13-15-25(16-14-24)36-7-2/h8,10-11,13-16,18,20-21H,6-7,9,12,17,19H2,1-5H3,(H,29,33)/t20-,21+/m1/s1. The summed E-state index contributed by atoms with van der Waals surface area (Å²) in [7, 11) is -3.57. The van der Waals surface area contributed by atoms with E-state index in [9.17, 15) is 18.0 Å². The highest BCUT2D eigenvalue weighted by molar-refractivity contribution is 7.92. The molecule has 0 saturated heterocycles. The highest BCUT2D eigenvalue weighted by atomic mass is 35.5. The number of hydrogen-bond donors (Lipinski definition) is 1. The van der Waals surface area contributed by atoms with Crippen LogP contribution in [0.3, 0.4) is 0 Å². The van der Waals surface area contributed by atoms with Crippen LogP contribution in [0.15, 0.2) is 48.5 Å². The van der Waals surface area contributed by atoms with Crippen LogP contribution in [-0.2, 0) is 26.2 Å². The lowest BCUT2D eigenvalue weighted by Gasteiger charge is -2.30. The fourth-order valence-electron chi connectivity index (χ4n) is 3.76. The first-order valence-corrected chi connectivity index (χ1v) is 14.7. The zero-order valence-electron chi connectivity index (χ0n) is 22.2. The summed E-state index contributed by atoms with van der Waals surface area (Å²) in [6, 6.07) is 13.2. The molecule has 2 aromatic rings. The van der Waals surface area contributed by atoms with Gasteiger partial charge < -0.3 is 15.0 Å². The molecule has 2 amide bonds. The minimum absolute atomic E-state index is 0.0181. The molecule has 2 atom stereocenters. The first-order valence-electron chi connectivity index (χ1n) is 12.5. The summed E-state index contributed by atoms with van der Waals surface area (Å²) in [5, 5.41) is 3.48.